The summed E-state index contributed by atoms with van der Waals surface area (Å²) in [6, 6.07) is 24.4. The number of thioether (sulfide) groups is 1. The summed E-state index contributed by atoms with van der Waals surface area (Å²) in [5.41, 5.74) is 4.71. The van der Waals surface area contributed by atoms with Gasteiger partial charge in [0.25, 0.3) is 0 Å². The van der Waals surface area contributed by atoms with E-state index in [9.17, 15) is 4.79 Å². The largest absolute Gasteiger partial charge is 0.453 e. The lowest BCUT2D eigenvalue weighted by atomic mass is 10.1. The first-order chi connectivity index (χ1) is 20.5. The molecule has 3 aromatic carbocycles. The van der Waals surface area contributed by atoms with Gasteiger partial charge < -0.3 is 25.6 Å². The molecule has 1 fully saturated rings. The number of piperazine rings is 1. The van der Waals surface area contributed by atoms with Crippen molar-refractivity contribution < 1.29 is 13.9 Å². The van der Waals surface area contributed by atoms with Crippen molar-refractivity contribution in [2.45, 2.75) is 23.0 Å². The number of carbonyl (C=O) groups excluding carboxylic acids is 1. The van der Waals surface area contributed by atoms with Crippen LogP contribution >= 0.6 is 24.0 Å². The molecule has 0 bridgehead atoms. The molecule has 0 spiro atoms. The maximum Gasteiger partial charge on any atom is 0.230 e. The third kappa shape index (κ3) is 6.73. The summed E-state index contributed by atoms with van der Waals surface area (Å²) < 4.78 is 21.1. The molecule has 4 aromatic rings. The summed E-state index contributed by atoms with van der Waals surface area (Å²) in [7, 11) is 0. The summed E-state index contributed by atoms with van der Waals surface area (Å²) >= 11 is 6.94. The van der Waals surface area contributed by atoms with Gasteiger partial charge in [-0.1, -0.05) is 42.5 Å². The van der Waals surface area contributed by atoms with E-state index in [1.807, 2.05) is 30.3 Å². The molecule has 7 nitrogen and oxygen atoms in total. The van der Waals surface area contributed by atoms with E-state index in [0.29, 0.717) is 11.4 Å². The molecule has 3 heterocycles. The fraction of sp³-hybridized carbons (Fsp3) is 0.219. The Kier molecular flexibility index (Phi) is 8.64. The second kappa shape index (κ2) is 12.9. The Hall–Kier alpha value is -3.99. The number of carbonyl (C=O) groups is 1. The Labute approximate surface area is 253 Å². The predicted octanol–water partition coefficient (Wildman–Crippen LogP) is 5.87. The molecule has 2 aliphatic heterocycles. The average Bonchev–Trinajstić information content (AvgIpc) is 3.45. The maximum atomic E-state index is 15.1. The Morgan fingerprint density at radius 1 is 1.05 bits per heavy atom. The smallest absolute Gasteiger partial charge is 0.230 e. The SMILES string of the molecule is O=C(Cc1ccccc1)NC(=S)Nc1ccc(Oc2ccnc3c2SC(c2ccc(N4CCNCC4)cc2)C3)c(F)c1. The highest BCUT2D eigenvalue weighted by atomic mass is 32.2. The van der Waals surface area contributed by atoms with Crippen molar-refractivity contribution in [1.29, 1.82) is 0 Å². The van der Waals surface area contributed by atoms with Crippen molar-refractivity contribution in [2.24, 2.45) is 0 Å². The van der Waals surface area contributed by atoms with Gasteiger partial charge in [0.1, 0.15) is 5.75 Å². The van der Waals surface area contributed by atoms with Crippen LogP contribution in [0.3, 0.4) is 0 Å². The molecule has 214 valence electrons. The van der Waals surface area contributed by atoms with Crippen molar-refractivity contribution >= 4 is 46.4 Å². The molecule has 42 heavy (non-hydrogen) atoms. The molecular weight excluding hydrogens is 570 g/mol. The van der Waals surface area contributed by atoms with E-state index in [4.69, 9.17) is 17.0 Å². The van der Waals surface area contributed by atoms with Crippen LogP contribution in [0.5, 0.6) is 11.5 Å². The second-order valence-electron chi connectivity index (χ2n) is 10.1. The van der Waals surface area contributed by atoms with Crippen molar-refractivity contribution in [3.05, 3.63) is 108 Å². The highest BCUT2D eigenvalue weighted by molar-refractivity contribution is 8.00. The van der Waals surface area contributed by atoms with Crippen LogP contribution in [0.4, 0.5) is 15.8 Å². The lowest BCUT2D eigenvalue weighted by molar-refractivity contribution is -0.119. The number of halogens is 1. The lowest BCUT2D eigenvalue weighted by Gasteiger charge is -2.29. The number of nitrogens with zero attached hydrogens (tertiary/aromatic N) is 2. The topological polar surface area (TPSA) is 78.5 Å². The normalized spacial score (nSPS) is 16.0. The van der Waals surface area contributed by atoms with Gasteiger partial charge in [0.15, 0.2) is 16.7 Å². The second-order valence-corrected chi connectivity index (χ2v) is 11.8. The van der Waals surface area contributed by atoms with Crippen molar-refractivity contribution in [3.8, 4) is 11.5 Å². The van der Waals surface area contributed by atoms with Gasteiger partial charge in [-0.3, -0.25) is 9.78 Å². The number of pyridine rings is 1. The zero-order valence-electron chi connectivity index (χ0n) is 22.8. The van der Waals surface area contributed by atoms with Gasteiger partial charge in [0.2, 0.25) is 5.91 Å². The van der Waals surface area contributed by atoms with E-state index < -0.39 is 5.82 Å². The standard InChI is InChI=1S/C32H30FN5O2S2/c33-25-19-23(36-32(41)37-30(39)18-21-4-2-1-3-5-21)8-11-27(25)40-28-12-13-35-26-20-29(42-31(26)28)22-6-9-24(10-7-22)38-16-14-34-15-17-38/h1-13,19,29,34H,14-18,20H2,(H2,36,37,39,41). The minimum atomic E-state index is -0.549. The molecule has 10 heteroatoms. The molecule has 1 unspecified atom stereocenters. The van der Waals surface area contributed by atoms with Crippen LogP contribution in [0.1, 0.15) is 22.1 Å². The van der Waals surface area contributed by atoms with Gasteiger partial charge in [-0.05, 0) is 47.6 Å². The summed E-state index contributed by atoms with van der Waals surface area (Å²) in [5.74, 6) is -0.130. The molecule has 6 rings (SSSR count). The molecule has 3 N–H and O–H groups in total. The number of fused-ring (bicyclic) bond motifs is 1. The van der Waals surface area contributed by atoms with E-state index in [0.717, 1.165) is 48.8 Å². The molecule has 1 aromatic heterocycles. The number of thiocarbonyl (C=S) groups is 1. The minimum Gasteiger partial charge on any atom is -0.453 e. The van der Waals surface area contributed by atoms with Crippen LogP contribution in [-0.2, 0) is 17.6 Å². The van der Waals surface area contributed by atoms with Gasteiger partial charge in [-0.15, -0.1) is 11.8 Å². The van der Waals surface area contributed by atoms with Crippen LogP contribution in [0, 0.1) is 5.82 Å². The van der Waals surface area contributed by atoms with E-state index in [1.165, 1.54) is 17.3 Å². The summed E-state index contributed by atoms with van der Waals surface area (Å²) in [5, 5.41) is 9.19. The van der Waals surface area contributed by atoms with E-state index in [1.54, 1.807) is 36.2 Å². The predicted molar refractivity (Wildman–Crippen MR) is 169 cm³/mol. The Morgan fingerprint density at radius 2 is 1.83 bits per heavy atom. The summed E-state index contributed by atoms with van der Waals surface area (Å²) in [6.07, 6.45) is 2.68. The van der Waals surface area contributed by atoms with Crippen molar-refractivity contribution in [3.63, 3.8) is 0 Å². The maximum absolute atomic E-state index is 15.1. The van der Waals surface area contributed by atoms with Crippen molar-refractivity contribution in [2.75, 3.05) is 36.4 Å². The molecule has 1 saturated heterocycles. The van der Waals surface area contributed by atoms with Crippen LogP contribution in [0.2, 0.25) is 0 Å². The highest BCUT2D eigenvalue weighted by Gasteiger charge is 2.28. The molecular formula is C32H30FN5O2S2. The Morgan fingerprint density at radius 3 is 2.60 bits per heavy atom. The zero-order valence-corrected chi connectivity index (χ0v) is 24.4. The Balaban J connectivity index is 1.07. The number of rotatable bonds is 7. The molecule has 2 aliphatic rings. The first-order valence-electron chi connectivity index (χ1n) is 13.8. The number of hydrogen-bond donors (Lipinski definition) is 3. The number of anilines is 2. The van der Waals surface area contributed by atoms with Crippen LogP contribution in [0.15, 0.2) is 90.0 Å². The van der Waals surface area contributed by atoms with E-state index >= 15 is 4.39 Å². The average molecular weight is 600 g/mol. The molecule has 0 aliphatic carbocycles. The fourth-order valence-corrected chi connectivity index (χ4v) is 6.63. The molecule has 0 radical (unpaired) electrons. The fourth-order valence-electron chi connectivity index (χ4n) is 5.09. The third-order valence-corrected chi connectivity index (χ3v) is 8.80. The zero-order chi connectivity index (χ0) is 28.9. The van der Waals surface area contributed by atoms with E-state index in [-0.39, 0.29) is 28.4 Å². The highest BCUT2D eigenvalue weighted by Crippen LogP contribution is 2.50. The number of aromatic nitrogens is 1. The summed E-state index contributed by atoms with van der Waals surface area (Å²) in [4.78, 5) is 20.2. The van der Waals surface area contributed by atoms with Crippen LogP contribution < -0.4 is 25.6 Å². The third-order valence-electron chi connectivity index (χ3n) is 7.20. The minimum absolute atomic E-state index is 0.0948. The number of nitrogens with one attached hydrogen (secondary N) is 3. The van der Waals surface area contributed by atoms with Crippen LogP contribution in [-0.4, -0.2) is 42.2 Å². The first-order valence-corrected chi connectivity index (χ1v) is 15.1. The molecule has 0 saturated carbocycles. The van der Waals surface area contributed by atoms with Gasteiger partial charge in [0.05, 0.1) is 17.0 Å². The van der Waals surface area contributed by atoms with Gasteiger partial charge in [-0.2, -0.15) is 0 Å². The number of ether oxygens (including phenoxy) is 1. The molecule has 1 atom stereocenters. The first kappa shape index (κ1) is 28.1. The monoisotopic (exact) mass is 599 g/mol. The van der Waals surface area contributed by atoms with E-state index in [2.05, 4.69) is 50.1 Å². The van der Waals surface area contributed by atoms with Gasteiger partial charge in [-0.25, -0.2) is 4.39 Å². The lowest BCUT2D eigenvalue weighted by Crippen LogP contribution is -2.43. The summed E-state index contributed by atoms with van der Waals surface area (Å²) in [6.45, 7) is 4.04. The van der Waals surface area contributed by atoms with Crippen molar-refractivity contribution in [1.82, 2.24) is 15.6 Å². The number of benzene rings is 3. The van der Waals surface area contributed by atoms with Crippen LogP contribution in [0.25, 0.3) is 0 Å². The Bertz CT molecular complexity index is 1580. The quantitative estimate of drug-likeness (QED) is 0.228. The number of amides is 1. The van der Waals surface area contributed by atoms with Gasteiger partial charge in [0, 0.05) is 67.6 Å². The molecule has 1 amide bonds. The number of hydrogen-bond acceptors (Lipinski definition) is 7. The van der Waals surface area contributed by atoms with Gasteiger partial charge >= 0.3 is 0 Å².